The summed E-state index contributed by atoms with van der Waals surface area (Å²) in [6, 6.07) is 5.73. The third-order valence-corrected chi connectivity index (χ3v) is 4.04. The average molecular weight is 329 g/mol. The van der Waals surface area contributed by atoms with E-state index >= 15 is 0 Å². The van der Waals surface area contributed by atoms with Gasteiger partial charge in [-0.1, -0.05) is 0 Å². The van der Waals surface area contributed by atoms with Gasteiger partial charge in [0, 0.05) is 37.5 Å². The van der Waals surface area contributed by atoms with Crippen LogP contribution in [0.1, 0.15) is 19.4 Å². The van der Waals surface area contributed by atoms with Crippen molar-refractivity contribution in [3.63, 3.8) is 0 Å². The summed E-state index contributed by atoms with van der Waals surface area (Å²) in [7, 11) is 0. The minimum absolute atomic E-state index is 0.00996. The zero-order valence-electron chi connectivity index (χ0n) is 14.0. The normalized spacial score (nSPS) is 20.6. The van der Waals surface area contributed by atoms with Crippen molar-refractivity contribution in [3.05, 3.63) is 36.2 Å². The van der Waals surface area contributed by atoms with Gasteiger partial charge in [-0.25, -0.2) is 0 Å². The molecule has 0 spiro atoms. The Morgan fingerprint density at radius 3 is 2.75 bits per heavy atom. The van der Waals surface area contributed by atoms with E-state index in [0.717, 1.165) is 6.42 Å². The summed E-state index contributed by atoms with van der Waals surface area (Å²) in [5.74, 6) is 1.46. The van der Waals surface area contributed by atoms with Crippen molar-refractivity contribution in [1.82, 2.24) is 15.0 Å². The number of aliphatic hydroxyl groups is 1. The molecule has 1 aliphatic rings. The highest BCUT2D eigenvalue weighted by Crippen LogP contribution is 2.27. The third kappa shape index (κ3) is 3.91. The summed E-state index contributed by atoms with van der Waals surface area (Å²) in [6.45, 7) is 5.10. The van der Waals surface area contributed by atoms with E-state index in [1.165, 1.54) is 5.56 Å². The highest BCUT2D eigenvalue weighted by molar-refractivity contribution is 5.47. The summed E-state index contributed by atoms with van der Waals surface area (Å²) in [4.78, 5) is 14.4. The molecule has 0 bridgehead atoms. The lowest BCUT2D eigenvalue weighted by Gasteiger charge is -2.18. The van der Waals surface area contributed by atoms with Gasteiger partial charge in [-0.15, -0.1) is 0 Å². The van der Waals surface area contributed by atoms with E-state index < -0.39 is 6.10 Å². The molecule has 0 aromatic carbocycles. The summed E-state index contributed by atoms with van der Waals surface area (Å²) in [6.07, 6.45) is 3.94. The van der Waals surface area contributed by atoms with Crippen molar-refractivity contribution in [1.29, 1.82) is 0 Å². The minimum Gasteiger partial charge on any atom is -0.475 e. The molecule has 2 atom stereocenters. The molecule has 128 valence electrons. The van der Waals surface area contributed by atoms with Crippen molar-refractivity contribution in [2.24, 2.45) is 5.92 Å². The van der Waals surface area contributed by atoms with Crippen LogP contribution in [0.3, 0.4) is 0 Å². The lowest BCUT2D eigenvalue weighted by molar-refractivity contribution is 0.148. The summed E-state index contributed by atoms with van der Waals surface area (Å²) < 4.78 is 5.62. The monoisotopic (exact) mass is 329 g/mol. The van der Waals surface area contributed by atoms with Crippen LogP contribution in [-0.4, -0.2) is 45.4 Å². The zero-order chi connectivity index (χ0) is 17.1. The van der Waals surface area contributed by atoms with E-state index in [1.807, 2.05) is 30.9 Å². The number of ether oxygens (including phenoxy) is 1. The molecule has 0 radical (unpaired) electrons. The topological polar surface area (TPSA) is 97.4 Å². The van der Waals surface area contributed by atoms with Crippen LogP contribution in [0.4, 0.5) is 11.8 Å². The van der Waals surface area contributed by atoms with E-state index in [-0.39, 0.29) is 18.0 Å². The summed E-state index contributed by atoms with van der Waals surface area (Å²) in [5.41, 5.74) is 6.97. The Morgan fingerprint density at radius 2 is 2.04 bits per heavy atom. The fourth-order valence-electron chi connectivity index (χ4n) is 2.96. The van der Waals surface area contributed by atoms with Crippen molar-refractivity contribution in [2.45, 2.75) is 32.5 Å². The Morgan fingerprint density at radius 1 is 1.29 bits per heavy atom. The van der Waals surface area contributed by atoms with Crippen molar-refractivity contribution < 1.29 is 9.84 Å². The molecule has 1 saturated heterocycles. The van der Waals surface area contributed by atoms with Crippen molar-refractivity contribution in [2.75, 3.05) is 23.7 Å². The number of aliphatic hydroxyl groups excluding tert-OH is 1. The molecule has 0 unspecified atom stereocenters. The second-order valence-electron chi connectivity index (χ2n) is 6.38. The zero-order valence-corrected chi connectivity index (χ0v) is 14.0. The number of anilines is 2. The maximum atomic E-state index is 10.4. The Kier molecular flexibility index (Phi) is 4.80. The van der Waals surface area contributed by atoms with Gasteiger partial charge in [0.2, 0.25) is 11.8 Å². The fraction of sp³-hybridized carbons (Fsp3) is 0.471. The van der Waals surface area contributed by atoms with Crippen LogP contribution in [0.2, 0.25) is 0 Å². The van der Waals surface area contributed by atoms with Gasteiger partial charge < -0.3 is 20.5 Å². The molecular formula is C17H23N5O2. The fourth-order valence-corrected chi connectivity index (χ4v) is 2.96. The van der Waals surface area contributed by atoms with Gasteiger partial charge in [0.15, 0.2) is 0 Å². The Bertz CT molecular complexity index is 680. The number of nitrogens with two attached hydrogens (primary N) is 1. The Balaban J connectivity index is 1.73. The molecule has 3 N–H and O–H groups in total. The number of hydrogen-bond acceptors (Lipinski definition) is 7. The quantitative estimate of drug-likeness (QED) is 0.852. The number of pyridine rings is 1. The summed E-state index contributed by atoms with van der Waals surface area (Å²) in [5, 5.41) is 10.4. The van der Waals surface area contributed by atoms with Gasteiger partial charge in [-0.3, -0.25) is 4.98 Å². The molecule has 3 heterocycles. The molecule has 0 amide bonds. The maximum absolute atomic E-state index is 10.4. The van der Waals surface area contributed by atoms with E-state index in [4.69, 9.17) is 10.5 Å². The van der Waals surface area contributed by atoms with Gasteiger partial charge in [0.1, 0.15) is 5.82 Å². The number of β-amino-alcohol motifs (C(OH)–C–C–N with tert-alkyl or cyclic N) is 1. The molecule has 24 heavy (non-hydrogen) atoms. The number of hydrogen-bond donors (Lipinski definition) is 2. The molecule has 0 aliphatic carbocycles. The van der Waals surface area contributed by atoms with E-state index in [1.54, 1.807) is 18.5 Å². The number of nitrogens with zero attached hydrogens (tertiary/aromatic N) is 4. The van der Waals surface area contributed by atoms with E-state index in [2.05, 4.69) is 15.0 Å². The van der Waals surface area contributed by atoms with Gasteiger partial charge in [0.25, 0.3) is 0 Å². The lowest BCUT2D eigenvalue weighted by Crippen LogP contribution is -2.23. The maximum Gasteiger partial charge on any atom is 0.225 e. The molecule has 7 nitrogen and oxygen atoms in total. The molecule has 2 aromatic rings. The SMILES string of the molecule is CC(C)Oc1cc(N2C[C@@H](Cc3ccncc3)[C@H](O)C2)nc(N)n1. The van der Waals surface area contributed by atoms with Crippen LogP contribution >= 0.6 is 0 Å². The first-order chi connectivity index (χ1) is 11.5. The van der Waals surface area contributed by atoms with Gasteiger partial charge in [-0.2, -0.15) is 9.97 Å². The first kappa shape index (κ1) is 16.4. The highest BCUT2D eigenvalue weighted by Gasteiger charge is 2.32. The predicted octanol–water partition coefficient (Wildman–Crippen LogP) is 1.28. The van der Waals surface area contributed by atoms with Crippen LogP contribution in [0.25, 0.3) is 0 Å². The summed E-state index contributed by atoms with van der Waals surface area (Å²) >= 11 is 0. The highest BCUT2D eigenvalue weighted by atomic mass is 16.5. The second kappa shape index (κ2) is 7.00. The average Bonchev–Trinajstić information content (AvgIpc) is 2.88. The Labute approximate surface area is 141 Å². The second-order valence-corrected chi connectivity index (χ2v) is 6.38. The molecule has 1 aliphatic heterocycles. The molecule has 0 saturated carbocycles. The van der Waals surface area contributed by atoms with Gasteiger partial charge in [-0.05, 0) is 38.0 Å². The minimum atomic E-state index is -0.413. The molecule has 7 heteroatoms. The first-order valence-corrected chi connectivity index (χ1v) is 8.14. The van der Waals surface area contributed by atoms with Crippen LogP contribution < -0.4 is 15.4 Å². The van der Waals surface area contributed by atoms with Gasteiger partial charge >= 0.3 is 0 Å². The largest absolute Gasteiger partial charge is 0.475 e. The van der Waals surface area contributed by atoms with Crippen molar-refractivity contribution in [3.8, 4) is 5.88 Å². The number of nitrogen functional groups attached to an aromatic ring is 1. The van der Waals surface area contributed by atoms with Crippen LogP contribution in [0.5, 0.6) is 5.88 Å². The van der Waals surface area contributed by atoms with Crippen LogP contribution in [0, 0.1) is 5.92 Å². The van der Waals surface area contributed by atoms with E-state index in [9.17, 15) is 5.11 Å². The molecule has 1 fully saturated rings. The molecule has 3 rings (SSSR count). The van der Waals surface area contributed by atoms with Crippen molar-refractivity contribution >= 4 is 11.8 Å². The first-order valence-electron chi connectivity index (χ1n) is 8.14. The Hall–Kier alpha value is -2.41. The molecule has 2 aromatic heterocycles. The van der Waals surface area contributed by atoms with E-state index in [0.29, 0.717) is 24.8 Å². The van der Waals surface area contributed by atoms with Crippen LogP contribution in [-0.2, 0) is 6.42 Å². The number of aromatic nitrogens is 3. The number of rotatable bonds is 5. The standard InChI is InChI=1S/C17H23N5O2/c1-11(2)24-16-8-15(20-17(18)21-16)22-9-13(14(23)10-22)7-12-3-5-19-6-4-12/h3-6,8,11,13-14,23H,7,9-10H2,1-2H3,(H2,18,20,21)/t13-,14-/m1/s1. The lowest BCUT2D eigenvalue weighted by atomic mass is 9.97. The smallest absolute Gasteiger partial charge is 0.225 e. The van der Waals surface area contributed by atoms with Gasteiger partial charge in [0.05, 0.1) is 12.2 Å². The predicted molar refractivity (Wildman–Crippen MR) is 91.9 cm³/mol. The third-order valence-electron chi connectivity index (χ3n) is 4.04. The molecular weight excluding hydrogens is 306 g/mol. The van der Waals surface area contributed by atoms with Crippen LogP contribution in [0.15, 0.2) is 30.6 Å².